The van der Waals surface area contributed by atoms with Crippen molar-refractivity contribution in [2.75, 3.05) is 26.3 Å². The van der Waals surface area contributed by atoms with Crippen LogP contribution in [0.3, 0.4) is 0 Å². The highest BCUT2D eigenvalue weighted by Crippen LogP contribution is 2.43. The van der Waals surface area contributed by atoms with E-state index in [-0.39, 0.29) is 5.60 Å². The lowest BCUT2D eigenvalue weighted by molar-refractivity contribution is -0.192. The van der Waals surface area contributed by atoms with Gasteiger partial charge in [0.1, 0.15) is 0 Å². The van der Waals surface area contributed by atoms with Crippen molar-refractivity contribution in [2.24, 2.45) is 11.8 Å². The Morgan fingerprint density at radius 1 is 1.24 bits per heavy atom. The van der Waals surface area contributed by atoms with Crippen molar-refractivity contribution in [3.05, 3.63) is 30.1 Å². The first-order chi connectivity index (χ1) is 15.7. The van der Waals surface area contributed by atoms with Gasteiger partial charge in [-0.05, 0) is 56.1 Å². The molecule has 0 radical (unpaired) electrons. The minimum absolute atomic E-state index is 0.0198. The smallest absolute Gasteiger partial charge is 0.475 e. The van der Waals surface area contributed by atoms with E-state index in [4.69, 9.17) is 19.4 Å². The zero-order chi connectivity index (χ0) is 23.9. The summed E-state index contributed by atoms with van der Waals surface area (Å²) in [4.78, 5) is 27.6. The first-order valence-corrected chi connectivity index (χ1v) is 11.4. The van der Waals surface area contributed by atoms with Gasteiger partial charge in [-0.2, -0.15) is 13.2 Å². The number of piperidine rings is 1. The molecule has 2 saturated heterocycles. The highest BCUT2D eigenvalue weighted by Gasteiger charge is 2.47. The Balaban J connectivity index is 0.000000383. The maximum Gasteiger partial charge on any atom is 0.490 e. The van der Waals surface area contributed by atoms with Gasteiger partial charge in [0.15, 0.2) is 0 Å². The number of likely N-dealkylation sites (tertiary alicyclic amines) is 1. The SMILES string of the molecule is O=C(C1CCC1)N1CCC2(CC1)OCCC2CCOCc1cccnc1.O=C(O)C(F)(F)F. The number of aliphatic carboxylic acids is 1. The first kappa shape index (κ1) is 25.4. The zero-order valence-corrected chi connectivity index (χ0v) is 18.6. The van der Waals surface area contributed by atoms with Crippen LogP contribution in [0.2, 0.25) is 0 Å². The first-order valence-electron chi connectivity index (χ1n) is 11.4. The molecular weight excluding hydrogens is 441 g/mol. The summed E-state index contributed by atoms with van der Waals surface area (Å²) in [7, 11) is 0. The van der Waals surface area contributed by atoms with E-state index in [9.17, 15) is 18.0 Å². The lowest BCUT2D eigenvalue weighted by atomic mass is 9.77. The molecule has 7 nitrogen and oxygen atoms in total. The van der Waals surface area contributed by atoms with Crippen LogP contribution >= 0.6 is 0 Å². The van der Waals surface area contributed by atoms with Gasteiger partial charge in [0.25, 0.3) is 0 Å². The Kier molecular flexibility index (Phi) is 8.69. The van der Waals surface area contributed by atoms with Gasteiger partial charge in [0.2, 0.25) is 5.91 Å². The molecule has 1 aliphatic carbocycles. The molecule has 4 rings (SSSR count). The van der Waals surface area contributed by atoms with E-state index in [1.54, 1.807) is 6.20 Å². The molecule has 1 N–H and O–H groups in total. The summed E-state index contributed by atoms with van der Waals surface area (Å²) in [6.45, 7) is 3.96. The summed E-state index contributed by atoms with van der Waals surface area (Å²) in [6.07, 6.45) is 6.08. The van der Waals surface area contributed by atoms with Crippen molar-refractivity contribution in [1.82, 2.24) is 9.88 Å². The molecule has 0 aromatic carbocycles. The van der Waals surface area contributed by atoms with E-state index in [0.717, 1.165) is 70.4 Å². The molecular formula is C23H31F3N2O5. The van der Waals surface area contributed by atoms with Crippen LogP contribution < -0.4 is 0 Å². The maximum absolute atomic E-state index is 12.5. The molecule has 184 valence electrons. The largest absolute Gasteiger partial charge is 0.490 e. The summed E-state index contributed by atoms with van der Waals surface area (Å²) in [5.41, 5.74) is 1.10. The molecule has 1 saturated carbocycles. The van der Waals surface area contributed by atoms with Crippen molar-refractivity contribution in [3.63, 3.8) is 0 Å². The number of pyridine rings is 1. The number of rotatable bonds is 6. The highest BCUT2D eigenvalue weighted by molar-refractivity contribution is 5.79. The summed E-state index contributed by atoms with van der Waals surface area (Å²) >= 11 is 0. The number of ether oxygens (including phenoxy) is 2. The summed E-state index contributed by atoms with van der Waals surface area (Å²) in [5, 5.41) is 7.12. The Bertz CT molecular complexity index is 778. The van der Waals surface area contributed by atoms with Crippen molar-refractivity contribution in [1.29, 1.82) is 0 Å². The van der Waals surface area contributed by atoms with Crippen molar-refractivity contribution in [2.45, 2.75) is 63.3 Å². The number of carboxylic acid groups (broad SMARTS) is 1. The summed E-state index contributed by atoms with van der Waals surface area (Å²) < 4.78 is 43.8. The molecule has 1 unspecified atom stereocenters. The van der Waals surface area contributed by atoms with Gasteiger partial charge in [-0.15, -0.1) is 0 Å². The average Bonchev–Trinajstić information content (AvgIpc) is 3.12. The molecule has 1 aromatic rings. The molecule has 33 heavy (non-hydrogen) atoms. The number of nitrogens with zero attached hydrogens (tertiary/aromatic N) is 2. The Hall–Kier alpha value is -2.20. The number of carbonyl (C=O) groups excluding carboxylic acids is 1. The van der Waals surface area contributed by atoms with Crippen LogP contribution in [0.5, 0.6) is 0 Å². The van der Waals surface area contributed by atoms with Crippen LogP contribution in [0.15, 0.2) is 24.5 Å². The molecule has 0 bridgehead atoms. The number of amides is 1. The van der Waals surface area contributed by atoms with Crippen LogP contribution in [0.25, 0.3) is 0 Å². The maximum atomic E-state index is 12.5. The molecule has 2 aliphatic heterocycles. The molecule has 1 aromatic heterocycles. The second-order valence-corrected chi connectivity index (χ2v) is 8.86. The van der Waals surface area contributed by atoms with Gasteiger partial charge in [-0.3, -0.25) is 9.78 Å². The third-order valence-electron chi connectivity index (χ3n) is 6.82. The van der Waals surface area contributed by atoms with Crippen molar-refractivity contribution in [3.8, 4) is 0 Å². The molecule has 1 amide bonds. The van der Waals surface area contributed by atoms with Gasteiger partial charge < -0.3 is 19.5 Å². The number of halogens is 3. The number of carboxylic acids is 1. The van der Waals surface area contributed by atoms with Gasteiger partial charge in [0, 0.05) is 44.6 Å². The predicted molar refractivity (Wildman–Crippen MR) is 112 cm³/mol. The van der Waals surface area contributed by atoms with Gasteiger partial charge >= 0.3 is 12.1 Å². The standard InChI is InChI=1S/C21H30N2O3.C2HF3O2/c24-20(18-4-1-5-18)23-11-8-21(9-12-23)19(7-14-26-21)6-13-25-16-17-3-2-10-22-15-17;3-2(4,5)1(6)7/h2-3,10,15,18-19H,1,4-9,11-14,16H2;(H,6,7). The van der Waals surface area contributed by atoms with E-state index in [2.05, 4.69) is 9.88 Å². The number of alkyl halides is 3. The van der Waals surface area contributed by atoms with Crippen LogP contribution in [-0.2, 0) is 25.7 Å². The second-order valence-electron chi connectivity index (χ2n) is 8.86. The fraction of sp³-hybridized carbons (Fsp3) is 0.696. The van der Waals surface area contributed by atoms with Gasteiger partial charge in [-0.1, -0.05) is 12.5 Å². The molecule has 3 fully saturated rings. The quantitative estimate of drug-likeness (QED) is 0.634. The minimum Gasteiger partial charge on any atom is -0.475 e. The minimum atomic E-state index is -5.08. The second kappa shape index (κ2) is 11.3. The van der Waals surface area contributed by atoms with Crippen LogP contribution in [0.4, 0.5) is 13.2 Å². The molecule has 3 aliphatic rings. The fourth-order valence-corrected chi connectivity index (χ4v) is 4.66. The van der Waals surface area contributed by atoms with Crippen LogP contribution in [-0.4, -0.2) is 64.9 Å². The topological polar surface area (TPSA) is 89.0 Å². The highest BCUT2D eigenvalue weighted by atomic mass is 19.4. The molecule has 1 atom stereocenters. The number of aromatic nitrogens is 1. The van der Waals surface area contributed by atoms with Crippen LogP contribution in [0, 0.1) is 11.8 Å². The van der Waals surface area contributed by atoms with E-state index >= 15 is 0 Å². The normalized spacial score (nSPS) is 22.4. The van der Waals surface area contributed by atoms with Crippen molar-refractivity contribution >= 4 is 11.9 Å². The molecule has 10 heteroatoms. The van der Waals surface area contributed by atoms with E-state index in [1.165, 1.54) is 6.42 Å². The Morgan fingerprint density at radius 3 is 2.48 bits per heavy atom. The van der Waals surface area contributed by atoms with Gasteiger partial charge in [-0.25, -0.2) is 4.79 Å². The number of hydrogen-bond donors (Lipinski definition) is 1. The van der Waals surface area contributed by atoms with E-state index in [1.807, 2.05) is 18.3 Å². The third kappa shape index (κ3) is 6.89. The van der Waals surface area contributed by atoms with Crippen LogP contribution in [0.1, 0.15) is 50.5 Å². The Morgan fingerprint density at radius 2 is 1.94 bits per heavy atom. The van der Waals surface area contributed by atoms with E-state index in [0.29, 0.717) is 24.3 Å². The summed E-state index contributed by atoms with van der Waals surface area (Å²) in [6, 6.07) is 3.99. The molecule has 1 spiro atoms. The monoisotopic (exact) mass is 472 g/mol. The lowest BCUT2D eigenvalue weighted by Gasteiger charge is -2.43. The average molecular weight is 473 g/mol. The lowest BCUT2D eigenvalue weighted by Crippen LogP contribution is -2.51. The summed E-state index contributed by atoms with van der Waals surface area (Å²) in [5.74, 6) is -1.50. The number of carbonyl (C=O) groups is 2. The van der Waals surface area contributed by atoms with Crippen molar-refractivity contribution < 1.29 is 37.3 Å². The van der Waals surface area contributed by atoms with E-state index < -0.39 is 12.1 Å². The third-order valence-corrected chi connectivity index (χ3v) is 6.82. The molecule has 3 heterocycles. The van der Waals surface area contributed by atoms with Gasteiger partial charge in [0.05, 0.1) is 12.2 Å². The fourth-order valence-electron chi connectivity index (χ4n) is 4.66. The predicted octanol–water partition coefficient (Wildman–Crippen LogP) is 3.82. The number of hydrogen-bond acceptors (Lipinski definition) is 5. The Labute approximate surface area is 191 Å². The zero-order valence-electron chi connectivity index (χ0n) is 18.6.